The summed E-state index contributed by atoms with van der Waals surface area (Å²) in [4.78, 5) is 38.3. The summed E-state index contributed by atoms with van der Waals surface area (Å²) in [5, 5.41) is 0.921. The maximum atomic E-state index is 12.0. The van der Waals surface area contributed by atoms with Gasteiger partial charge in [0.15, 0.2) is 6.67 Å². The molecule has 1 atom stereocenters. The topological polar surface area (TPSA) is 62.1 Å². The van der Waals surface area contributed by atoms with Gasteiger partial charge in [0.2, 0.25) is 0 Å². The highest BCUT2D eigenvalue weighted by Gasteiger charge is 2.44. The first-order valence-corrected chi connectivity index (χ1v) is 7.53. The third-order valence-corrected chi connectivity index (χ3v) is 4.11. The van der Waals surface area contributed by atoms with E-state index >= 15 is 0 Å². The predicted molar refractivity (Wildman–Crippen MR) is 81.5 cm³/mol. The fraction of sp³-hybridized carbons (Fsp3) is 0.357. The molecule has 22 heavy (non-hydrogen) atoms. The van der Waals surface area contributed by atoms with Crippen molar-refractivity contribution in [1.82, 2.24) is 9.80 Å². The van der Waals surface area contributed by atoms with Gasteiger partial charge in [-0.05, 0) is 19.1 Å². The lowest BCUT2D eigenvalue weighted by atomic mass is 10.2. The number of imide groups is 2. The smallest absolute Gasteiger partial charge is 0.316 e. The lowest BCUT2D eigenvalue weighted by Gasteiger charge is -2.19. The summed E-state index contributed by atoms with van der Waals surface area (Å²) < 4.78 is 0. The number of benzene rings is 1. The van der Waals surface area contributed by atoms with Gasteiger partial charge in [0.05, 0.1) is 17.1 Å². The number of carbonyl (C=O) groups is 3. The van der Waals surface area contributed by atoms with Crippen LogP contribution < -0.4 is 4.90 Å². The van der Waals surface area contributed by atoms with Gasteiger partial charge in [0.25, 0.3) is 0 Å². The van der Waals surface area contributed by atoms with E-state index in [9.17, 15) is 14.4 Å². The lowest BCUT2D eigenvalue weighted by Crippen LogP contribution is -3.09. The molecule has 8 heteroatoms. The zero-order valence-electron chi connectivity index (χ0n) is 12.2. The Balaban J connectivity index is 2.04. The molecular formula is C14H16Cl2N3O3+. The SMILES string of the molecule is CCN1C(=O)C(=O)N(C[NH+](C)Cc2ccc(Cl)c(Cl)c2)C1=O. The van der Waals surface area contributed by atoms with E-state index in [4.69, 9.17) is 23.2 Å². The maximum Gasteiger partial charge on any atom is 0.338 e. The molecule has 1 heterocycles. The van der Waals surface area contributed by atoms with Crippen LogP contribution in [0.2, 0.25) is 10.0 Å². The summed E-state index contributed by atoms with van der Waals surface area (Å²) in [6, 6.07) is 4.70. The standard InChI is InChI=1S/C14H15Cl2N3O3/c1-3-18-12(20)13(21)19(14(18)22)8-17(2)7-9-4-5-10(15)11(16)6-9/h4-6H,3,7-8H2,1-2H3/p+1. The van der Waals surface area contributed by atoms with Crippen LogP contribution in [0.1, 0.15) is 12.5 Å². The van der Waals surface area contributed by atoms with Crippen LogP contribution in [0.25, 0.3) is 0 Å². The second-order valence-electron chi connectivity index (χ2n) is 5.11. The quantitative estimate of drug-likeness (QED) is 0.634. The molecular weight excluding hydrogens is 329 g/mol. The second-order valence-corrected chi connectivity index (χ2v) is 5.92. The zero-order valence-corrected chi connectivity index (χ0v) is 13.7. The fourth-order valence-corrected chi connectivity index (χ4v) is 2.61. The molecule has 0 spiro atoms. The summed E-state index contributed by atoms with van der Waals surface area (Å²) in [5.74, 6) is -1.55. The highest BCUT2D eigenvalue weighted by atomic mass is 35.5. The van der Waals surface area contributed by atoms with Gasteiger partial charge in [-0.1, -0.05) is 29.3 Å². The molecule has 1 unspecified atom stereocenters. The summed E-state index contributed by atoms with van der Waals surface area (Å²) in [5.41, 5.74) is 0.921. The first kappa shape index (κ1) is 16.7. The minimum absolute atomic E-state index is 0.111. The molecule has 1 aliphatic rings. The maximum absolute atomic E-state index is 12.0. The van der Waals surface area contributed by atoms with Gasteiger partial charge in [-0.25, -0.2) is 9.69 Å². The Morgan fingerprint density at radius 3 is 2.23 bits per heavy atom. The van der Waals surface area contributed by atoms with Crippen molar-refractivity contribution < 1.29 is 19.3 Å². The van der Waals surface area contributed by atoms with Crippen LogP contribution in [-0.4, -0.2) is 47.9 Å². The van der Waals surface area contributed by atoms with Crippen LogP contribution in [0.15, 0.2) is 18.2 Å². The first-order chi connectivity index (χ1) is 10.3. The van der Waals surface area contributed by atoms with E-state index in [1.165, 1.54) is 0 Å². The van der Waals surface area contributed by atoms with Crippen LogP contribution in [-0.2, 0) is 16.1 Å². The third kappa shape index (κ3) is 3.24. The summed E-state index contributed by atoms with van der Waals surface area (Å²) in [7, 11) is 1.82. The van der Waals surface area contributed by atoms with E-state index in [-0.39, 0.29) is 13.2 Å². The molecule has 1 aromatic rings. The Bertz CT molecular complexity index is 636. The van der Waals surface area contributed by atoms with E-state index in [1.54, 1.807) is 19.1 Å². The van der Waals surface area contributed by atoms with E-state index in [2.05, 4.69) is 0 Å². The monoisotopic (exact) mass is 344 g/mol. The summed E-state index contributed by atoms with van der Waals surface area (Å²) in [6.45, 7) is 2.49. The van der Waals surface area contributed by atoms with Crippen LogP contribution in [0.4, 0.5) is 4.79 Å². The van der Waals surface area contributed by atoms with E-state index in [0.717, 1.165) is 20.3 Å². The Hall–Kier alpha value is -1.63. The number of halogens is 2. The molecule has 0 aromatic heterocycles. The number of rotatable bonds is 5. The van der Waals surface area contributed by atoms with Crippen molar-refractivity contribution in [3.8, 4) is 0 Å². The summed E-state index contributed by atoms with van der Waals surface area (Å²) >= 11 is 11.8. The average molecular weight is 345 g/mol. The molecule has 6 nitrogen and oxygen atoms in total. The zero-order chi connectivity index (χ0) is 16.4. The van der Waals surface area contributed by atoms with Crippen molar-refractivity contribution >= 4 is 41.0 Å². The lowest BCUT2D eigenvalue weighted by molar-refractivity contribution is -0.901. The number of nitrogens with zero attached hydrogens (tertiary/aromatic N) is 2. The normalized spacial score (nSPS) is 16.6. The Labute approximate surface area is 138 Å². The van der Waals surface area contributed by atoms with Gasteiger partial charge in [0.1, 0.15) is 6.54 Å². The van der Waals surface area contributed by atoms with Gasteiger partial charge in [-0.15, -0.1) is 0 Å². The molecule has 1 aliphatic heterocycles. The number of urea groups is 1. The van der Waals surface area contributed by atoms with E-state index in [0.29, 0.717) is 16.6 Å². The Morgan fingerprint density at radius 1 is 1.05 bits per heavy atom. The molecule has 0 aliphatic carbocycles. The van der Waals surface area contributed by atoms with Gasteiger partial charge in [-0.3, -0.25) is 14.5 Å². The van der Waals surface area contributed by atoms with Gasteiger partial charge in [-0.2, -0.15) is 0 Å². The highest BCUT2D eigenvalue weighted by Crippen LogP contribution is 2.22. The number of carbonyl (C=O) groups excluding carboxylic acids is 3. The number of hydrogen-bond acceptors (Lipinski definition) is 3. The predicted octanol–water partition coefficient (Wildman–Crippen LogP) is 0.776. The molecule has 1 fully saturated rings. The molecule has 0 saturated carbocycles. The molecule has 118 valence electrons. The van der Waals surface area contributed by atoms with Crippen LogP contribution in [0, 0.1) is 0 Å². The van der Waals surface area contributed by atoms with Crippen molar-refractivity contribution in [2.24, 2.45) is 0 Å². The Kier molecular flexibility index (Phi) is 5.05. The number of amides is 4. The largest absolute Gasteiger partial charge is 0.338 e. The molecule has 2 rings (SSSR count). The minimum atomic E-state index is -0.777. The van der Waals surface area contributed by atoms with Crippen LogP contribution >= 0.6 is 23.2 Å². The van der Waals surface area contributed by atoms with Crippen molar-refractivity contribution in [1.29, 1.82) is 0 Å². The van der Waals surface area contributed by atoms with Crippen molar-refractivity contribution in [3.05, 3.63) is 33.8 Å². The third-order valence-electron chi connectivity index (χ3n) is 3.37. The van der Waals surface area contributed by atoms with Gasteiger partial charge in [0, 0.05) is 12.1 Å². The molecule has 1 saturated heterocycles. The van der Waals surface area contributed by atoms with Crippen LogP contribution in [0.5, 0.6) is 0 Å². The van der Waals surface area contributed by atoms with Crippen molar-refractivity contribution in [2.75, 3.05) is 20.3 Å². The van der Waals surface area contributed by atoms with Gasteiger partial charge < -0.3 is 4.90 Å². The van der Waals surface area contributed by atoms with Crippen molar-refractivity contribution in [2.45, 2.75) is 13.5 Å². The molecule has 0 bridgehead atoms. The van der Waals surface area contributed by atoms with Crippen LogP contribution in [0.3, 0.4) is 0 Å². The van der Waals surface area contributed by atoms with Gasteiger partial charge >= 0.3 is 17.8 Å². The van der Waals surface area contributed by atoms with E-state index < -0.39 is 17.8 Å². The highest BCUT2D eigenvalue weighted by molar-refractivity contribution is 6.44. The summed E-state index contributed by atoms with van der Waals surface area (Å²) in [6.07, 6.45) is 0. The Morgan fingerprint density at radius 2 is 1.68 bits per heavy atom. The van der Waals surface area contributed by atoms with E-state index in [1.807, 2.05) is 13.1 Å². The number of nitrogens with one attached hydrogen (secondary N) is 1. The fourth-order valence-electron chi connectivity index (χ4n) is 2.29. The van der Waals surface area contributed by atoms with Crippen molar-refractivity contribution in [3.63, 3.8) is 0 Å². The number of quaternary nitrogens is 1. The first-order valence-electron chi connectivity index (χ1n) is 6.77. The second kappa shape index (κ2) is 6.64. The number of likely N-dealkylation sites (N-methyl/N-ethyl adjacent to an activating group) is 1. The minimum Gasteiger partial charge on any atom is -0.316 e. The molecule has 1 N–H and O–H groups in total. The average Bonchev–Trinajstić information content (AvgIpc) is 2.66. The molecule has 4 amide bonds. The molecule has 1 aromatic carbocycles. The molecule has 0 radical (unpaired) electrons. The number of hydrogen-bond donors (Lipinski definition) is 1.